The van der Waals surface area contributed by atoms with E-state index in [1.54, 1.807) is 13.0 Å². The van der Waals surface area contributed by atoms with E-state index in [1.807, 2.05) is 6.92 Å². The summed E-state index contributed by atoms with van der Waals surface area (Å²) in [6.07, 6.45) is -0.459. The van der Waals surface area contributed by atoms with Crippen LogP contribution in [0.25, 0.3) is 0 Å². The molecule has 1 rings (SSSR count). The Labute approximate surface area is 97.8 Å². The maximum absolute atomic E-state index is 10.5. The Hall–Kier alpha value is -1.27. The molecule has 1 aromatic carbocycles. The van der Waals surface area contributed by atoms with Gasteiger partial charge >= 0.3 is 0 Å². The number of nitro groups is 1. The van der Waals surface area contributed by atoms with Gasteiger partial charge in [-0.1, -0.05) is 6.92 Å². The van der Waals surface area contributed by atoms with Crippen LogP contribution in [0.4, 0.5) is 11.4 Å². The fourth-order valence-electron chi connectivity index (χ4n) is 1.06. The van der Waals surface area contributed by atoms with E-state index in [1.165, 1.54) is 23.9 Å². The van der Waals surface area contributed by atoms with Crippen LogP contribution in [0, 0.1) is 10.1 Å². The molecule has 0 amide bonds. The largest absolute Gasteiger partial charge is 0.398 e. The zero-order chi connectivity index (χ0) is 12.3. The number of benzene rings is 1. The molecule has 0 radical (unpaired) electrons. The molecule has 16 heavy (non-hydrogen) atoms. The minimum absolute atomic E-state index is 0.0104. The Morgan fingerprint density at radius 1 is 1.50 bits per heavy atom. The first-order valence-electron chi connectivity index (χ1n) is 4.80. The van der Waals surface area contributed by atoms with Gasteiger partial charge in [-0.25, -0.2) is 0 Å². The summed E-state index contributed by atoms with van der Waals surface area (Å²) in [5, 5.41) is 19.8. The predicted octanol–water partition coefficient (Wildman–Crippen LogP) is 2.04. The first kappa shape index (κ1) is 12.8. The number of anilines is 1. The fraction of sp³-hybridized carbons (Fsp3) is 0.400. The second-order valence-corrected chi connectivity index (χ2v) is 4.96. The number of thioether (sulfide) groups is 1. The lowest BCUT2D eigenvalue weighted by Gasteiger charge is -2.14. The summed E-state index contributed by atoms with van der Waals surface area (Å²) >= 11 is 1.40. The Balaban J connectivity index is 2.87. The maximum atomic E-state index is 10.5. The Bertz CT molecular complexity index is 396. The molecule has 5 nitrogen and oxygen atoms in total. The van der Waals surface area contributed by atoms with Crippen LogP contribution < -0.4 is 5.73 Å². The van der Waals surface area contributed by atoms with E-state index in [2.05, 4.69) is 0 Å². The maximum Gasteiger partial charge on any atom is 0.271 e. The molecule has 2 unspecified atom stereocenters. The van der Waals surface area contributed by atoms with Crippen molar-refractivity contribution in [3.8, 4) is 0 Å². The van der Waals surface area contributed by atoms with Gasteiger partial charge in [-0.3, -0.25) is 10.1 Å². The van der Waals surface area contributed by atoms with Crippen LogP contribution in [0.2, 0.25) is 0 Å². The van der Waals surface area contributed by atoms with E-state index in [0.29, 0.717) is 5.69 Å². The number of nitrogens with two attached hydrogens (primary N) is 1. The molecular weight excluding hydrogens is 228 g/mol. The lowest BCUT2D eigenvalue weighted by molar-refractivity contribution is -0.384. The SMILES string of the molecule is CC(O)C(C)Sc1ccc([N+](=O)[O-])cc1N. The summed E-state index contributed by atoms with van der Waals surface area (Å²) < 4.78 is 0. The van der Waals surface area contributed by atoms with Crippen LogP contribution in [0.1, 0.15) is 13.8 Å². The van der Waals surface area contributed by atoms with E-state index in [0.717, 1.165) is 4.90 Å². The highest BCUT2D eigenvalue weighted by Crippen LogP contribution is 2.32. The second-order valence-electron chi connectivity index (χ2n) is 3.54. The van der Waals surface area contributed by atoms with Crippen molar-refractivity contribution < 1.29 is 10.0 Å². The predicted molar refractivity (Wildman–Crippen MR) is 64.5 cm³/mol. The number of aliphatic hydroxyl groups excluding tert-OH is 1. The van der Waals surface area contributed by atoms with Gasteiger partial charge in [0.05, 0.1) is 16.7 Å². The standard InChI is InChI=1S/C10H14N2O3S/c1-6(13)7(2)16-10-4-3-8(12(14)15)5-9(10)11/h3-7,13H,11H2,1-2H3. The molecule has 1 aromatic rings. The number of non-ortho nitro benzene ring substituents is 1. The van der Waals surface area contributed by atoms with Crippen molar-refractivity contribution in [2.24, 2.45) is 0 Å². The topological polar surface area (TPSA) is 89.4 Å². The molecule has 0 aliphatic carbocycles. The zero-order valence-corrected chi connectivity index (χ0v) is 9.90. The van der Waals surface area contributed by atoms with Crippen molar-refractivity contribution in [3.05, 3.63) is 28.3 Å². The molecule has 0 aromatic heterocycles. The molecule has 0 aliphatic heterocycles. The highest BCUT2D eigenvalue weighted by molar-refractivity contribution is 8.00. The van der Waals surface area contributed by atoms with Crippen molar-refractivity contribution in [3.63, 3.8) is 0 Å². The Morgan fingerprint density at radius 2 is 2.12 bits per heavy atom. The summed E-state index contributed by atoms with van der Waals surface area (Å²) in [5.41, 5.74) is 6.05. The summed E-state index contributed by atoms with van der Waals surface area (Å²) in [5.74, 6) is 0. The van der Waals surface area contributed by atoms with Crippen LogP contribution in [0.3, 0.4) is 0 Å². The van der Waals surface area contributed by atoms with E-state index in [4.69, 9.17) is 5.73 Å². The molecule has 2 atom stereocenters. The van der Waals surface area contributed by atoms with Crippen LogP contribution >= 0.6 is 11.8 Å². The average Bonchev–Trinajstić information content (AvgIpc) is 2.20. The smallest absolute Gasteiger partial charge is 0.271 e. The molecule has 3 N–H and O–H groups in total. The van der Waals surface area contributed by atoms with Gasteiger partial charge in [-0.2, -0.15) is 0 Å². The van der Waals surface area contributed by atoms with Gasteiger partial charge in [-0.05, 0) is 13.0 Å². The minimum atomic E-state index is -0.483. The first-order chi connectivity index (χ1) is 7.41. The quantitative estimate of drug-likeness (QED) is 0.365. The number of hydrogen-bond donors (Lipinski definition) is 2. The number of nitro benzene ring substituents is 1. The van der Waals surface area contributed by atoms with E-state index in [9.17, 15) is 15.2 Å². The van der Waals surface area contributed by atoms with Crippen molar-refractivity contribution in [1.82, 2.24) is 0 Å². The zero-order valence-electron chi connectivity index (χ0n) is 9.08. The van der Waals surface area contributed by atoms with Crippen molar-refractivity contribution in [1.29, 1.82) is 0 Å². The van der Waals surface area contributed by atoms with Crippen LogP contribution in [-0.2, 0) is 0 Å². The second kappa shape index (κ2) is 5.18. The highest BCUT2D eigenvalue weighted by Gasteiger charge is 2.14. The van der Waals surface area contributed by atoms with Gasteiger partial charge < -0.3 is 10.8 Å². The lowest BCUT2D eigenvalue weighted by Crippen LogP contribution is -2.15. The number of nitrogen functional groups attached to an aromatic ring is 1. The van der Waals surface area contributed by atoms with Gasteiger partial charge in [0.25, 0.3) is 5.69 Å². The molecule has 0 heterocycles. The van der Waals surface area contributed by atoms with Gasteiger partial charge in [0.2, 0.25) is 0 Å². The van der Waals surface area contributed by atoms with E-state index < -0.39 is 11.0 Å². The molecule has 88 valence electrons. The Morgan fingerprint density at radius 3 is 2.56 bits per heavy atom. The van der Waals surface area contributed by atoms with Gasteiger partial charge in [0, 0.05) is 22.3 Å². The molecule has 0 aliphatic rings. The average molecular weight is 242 g/mol. The third-order valence-electron chi connectivity index (χ3n) is 2.20. The number of rotatable bonds is 4. The molecule has 0 fully saturated rings. The monoisotopic (exact) mass is 242 g/mol. The molecule has 0 spiro atoms. The number of nitrogens with zero attached hydrogens (tertiary/aromatic N) is 1. The summed E-state index contributed by atoms with van der Waals surface area (Å²) in [7, 11) is 0. The van der Waals surface area contributed by atoms with Gasteiger partial charge in [0.15, 0.2) is 0 Å². The third kappa shape index (κ3) is 3.11. The van der Waals surface area contributed by atoms with Crippen molar-refractivity contribution in [2.45, 2.75) is 30.1 Å². The molecule has 0 saturated carbocycles. The normalized spacial score (nSPS) is 14.4. The number of aliphatic hydroxyl groups is 1. The number of hydrogen-bond acceptors (Lipinski definition) is 5. The fourth-order valence-corrected chi connectivity index (χ4v) is 1.99. The minimum Gasteiger partial charge on any atom is -0.398 e. The highest BCUT2D eigenvalue weighted by atomic mass is 32.2. The molecule has 0 saturated heterocycles. The van der Waals surface area contributed by atoms with E-state index >= 15 is 0 Å². The lowest BCUT2D eigenvalue weighted by atomic mass is 10.3. The van der Waals surface area contributed by atoms with Crippen molar-refractivity contribution in [2.75, 3.05) is 5.73 Å². The van der Waals surface area contributed by atoms with Crippen molar-refractivity contribution >= 4 is 23.1 Å². The van der Waals surface area contributed by atoms with Crippen LogP contribution in [0.15, 0.2) is 23.1 Å². The molecular formula is C10H14N2O3S. The summed E-state index contributed by atoms with van der Waals surface area (Å²) in [6.45, 7) is 3.56. The van der Waals surface area contributed by atoms with Crippen LogP contribution in [-0.4, -0.2) is 21.4 Å². The Kier molecular flexibility index (Phi) is 4.14. The van der Waals surface area contributed by atoms with Crippen LogP contribution in [0.5, 0.6) is 0 Å². The summed E-state index contributed by atoms with van der Waals surface area (Å²) in [6, 6.07) is 4.35. The summed E-state index contributed by atoms with van der Waals surface area (Å²) in [4.78, 5) is 10.8. The van der Waals surface area contributed by atoms with Gasteiger partial charge in [0.1, 0.15) is 0 Å². The molecule has 0 bridgehead atoms. The first-order valence-corrected chi connectivity index (χ1v) is 5.68. The van der Waals surface area contributed by atoms with Gasteiger partial charge in [-0.15, -0.1) is 11.8 Å². The third-order valence-corrected chi connectivity index (χ3v) is 3.59. The molecule has 6 heteroatoms. The van der Waals surface area contributed by atoms with E-state index in [-0.39, 0.29) is 10.9 Å².